The molecule has 0 radical (unpaired) electrons. The summed E-state index contributed by atoms with van der Waals surface area (Å²) in [6, 6.07) is 8.31. The number of rotatable bonds is 2. The number of benzene rings is 1. The Labute approximate surface area is 111 Å². The highest BCUT2D eigenvalue weighted by atomic mass is 16.5. The smallest absolute Gasteiger partial charge is 0.333 e. The van der Waals surface area contributed by atoms with Gasteiger partial charge in [0.05, 0.1) is 0 Å². The van der Waals surface area contributed by atoms with E-state index in [9.17, 15) is 9.59 Å². The number of carbonyl (C=O) groups is 2. The predicted molar refractivity (Wildman–Crippen MR) is 70.2 cm³/mol. The lowest BCUT2D eigenvalue weighted by Crippen LogP contribution is -2.68. The Kier molecular flexibility index (Phi) is 3.11. The SMILES string of the molecule is COC1(C)C(=N)C(=O)N(C)C(=O)N1c1ccccc1. The summed E-state index contributed by atoms with van der Waals surface area (Å²) in [5.41, 5.74) is -1.11. The first-order valence-electron chi connectivity index (χ1n) is 5.75. The number of methoxy groups -OCH3 is 1. The van der Waals surface area contributed by atoms with Crippen LogP contribution in [0.3, 0.4) is 0 Å². The van der Waals surface area contributed by atoms with E-state index in [2.05, 4.69) is 0 Å². The average Bonchev–Trinajstić information content (AvgIpc) is 2.44. The lowest BCUT2D eigenvalue weighted by molar-refractivity contribution is -0.122. The molecular weight excluding hydrogens is 246 g/mol. The van der Waals surface area contributed by atoms with Crippen molar-refractivity contribution in [1.29, 1.82) is 5.41 Å². The maximum Gasteiger partial charge on any atom is 0.333 e. The maximum atomic E-state index is 12.3. The molecule has 0 spiro atoms. The van der Waals surface area contributed by atoms with Crippen LogP contribution in [0, 0.1) is 5.41 Å². The van der Waals surface area contributed by atoms with Gasteiger partial charge in [0, 0.05) is 19.8 Å². The van der Waals surface area contributed by atoms with E-state index in [0.717, 1.165) is 4.90 Å². The second kappa shape index (κ2) is 4.47. The summed E-state index contributed by atoms with van der Waals surface area (Å²) >= 11 is 0. The Bertz CT molecular complexity index is 543. The van der Waals surface area contributed by atoms with E-state index < -0.39 is 17.7 Å². The molecule has 1 unspecified atom stereocenters. The summed E-state index contributed by atoms with van der Waals surface area (Å²) < 4.78 is 5.28. The minimum Gasteiger partial charge on any atom is -0.353 e. The number of para-hydroxylation sites is 1. The summed E-state index contributed by atoms with van der Waals surface area (Å²) in [4.78, 5) is 26.4. The Morgan fingerprint density at radius 1 is 1.21 bits per heavy atom. The molecule has 1 N–H and O–H groups in total. The standard InChI is InChI=1S/C13H15N3O3/c1-13(19-3)10(14)11(17)15(2)12(18)16(13)9-7-5-4-6-8-9/h4-8,14H,1-3H3. The van der Waals surface area contributed by atoms with Crippen LogP contribution < -0.4 is 4.90 Å². The number of nitrogens with one attached hydrogen (secondary N) is 1. The fourth-order valence-electron chi connectivity index (χ4n) is 2.02. The van der Waals surface area contributed by atoms with Gasteiger partial charge in [-0.3, -0.25) is 20.0 Å². The van der Waals surface area contributed by atoms with Crippen molar-refractivity contribution in [3.05, 3.63) is 30.3 Å². The van der Waals surface area contributed by atoms with E-state index in [1.807, 2.05) is 6.07 Å². The van der Waals surface area contributed by atoms with E-state index in [1.54, 1.807) is 24.3 Å². The van der Waals surface area contributed by atoms with Crippen LogP contribution in [-0.2, 0) is 9.53 Å². The van der Waals surface area contributed by atoms with Crippen molar-refractivity contribution in [3.8, 4) is 0 Å². The molecule has 1 saturated heterocycles. The van der Waals surface area contributed by atoms with Crippen LogP contribution in [0.4, 0.5) is 10.5 Å². The van der Waals surface area contributed by atoms with Gasteiger partial charge in [0.1, 0.15) is 0 Å². The molecule has 1 heterocycles. The van der Waals surface area contributed by atoms with Gasteiger partial charge in [-0.25, -0.2) is 4.79 Å². The van der Waals surface area contributed by atoms with Crippen LogP contribution >= 0.6 is 0 Å². The molecule has 1 fully saturated rings. The molecule has 0 aromatic heterocycles. The minimum atomic E-state index is -1.40. The lowest BCUT2D eigenvalue weighted by atomic mass is 10.0. The number of carbonyl (C=O) groups excluding carboxylic acids is 2. The zero-order valence-corrected chi connectivity index (χ0v) is 11.0. The first-order chi connectivity index (χ1) is 8.93. The highest BCUT2D eigenvalue weighted by Gasteiger charge is 2.51. The summed E-state index contributed by atoms with van der Waals surface area (Å²) in [7, 11) is 2.72. The predicted octanol–water partition coefficient (Wildman–Crippen LogP) is 1.47. The third-order valence-electron chi connectivity index (χ3n) is 3.30. The van der Waals surface area contributed by atoms with Crippen LogP contribution in [0.25, 0.3) is 0 Å². The van der Waals surface area contributed by atoms with Crippen molar-refractivity contribution in [2.75, 3.05) is 19.1 Å². The summed E-state index contributed by atoms with van der Waals surface area (Å²) in [5, 5.41) is 7.94. The van der Waals surface area contributed by atoms with Crippen LogP contribution in [0.1, 0.15) is 6.92 Å². The van der Waals surface area contributed by atoms with Crippen LogP contribution in [0.5, 0.6) is 0 Å². The summed E-state index contributed by atoms with van der Waals surface area (Å²) in [5.74, 6) is -0.651. The number of urea groups is 1. The first-order valence-corrected chi connectivity index (χ1v) is 5.75. The van der Waals surface area contributed by atoms with E-state index in [1.165, 1.54) is 26.0 Å². The molecule has 100 valence electrons. The lowest BCUT2D eigenvalue weighted by Gasteiger charge is -2.45. The van der Waals surface area contributed by atoms with Crippen molar-refractivity contribution in [3.63, 3.8) is 0 Å². The molecule has 1 atom stereocenters. The number of anilines is 1. The van der Waals surface area contributed by atoms with Gasteiger partial charge in [0.15, 0.2) is 11.4 Å². The van der Waals surface area contributed by atoms with Crippen molar-refractivity contribution in [1.82, 2.24) is 4.90 Å². The van der Waals surface area contributed by atoms with Gasteiger partial charge in [0.25, 0.3) is 5.91 Å². The highest BCUT2D eigenvalue weighted by molar-refractivity contribution is 6.46. The Balaban J connectivity index is 2.58. The molecule has 3 amide bonds. The molecule has 6 heteroatoms. The van der Waals surface area contributed by atoms with Gasteiger partial charge in [-0.15, -0.1) is 0 Å². The molecule has 1 aliphatic heterocycles. The van der Waals surface area contributed by atoms with Gasteiger partial charge in [-0.2, -0.15) is 0 Å². The van der Waals surface area contributed by atoms with Gasteiger partial charge in [-0.1, -0.05) is 18.2 Å². The molecule has 0 bridgehead atoms. The second-order valence-corrected chi connectivity index (χ2v) is 4.38. The van der Waals surface area contributed by atoms with E-state index in [-0.39, 0.29) is 5.71 Å². The average molecular weight is 261 g/mol. The Morgan fingerprint density at radius 3 is 2.32 bits per heavy atom. The molecule has 2 rings (SSSR count). The topological polar surface area (TPSA) is 73.7 Å². The Hall–Kier alpha value is -2.21. The van der Waals surface area contributed by atoms with Crippen molar-refractivity contribution in [2.45, 2.75) is 12.6 Å². The molecule has 19 heavy (non-hydrogen) atoms. The van der Waals surface area contributed by atoms with Crippen LogP contribution in [-0.4, -0.2) is 42.4 Å². The zero-order chi connectivity index (χ0) is 14.2. The van der Waals surface area contributed by atoms with Gasteiger partial charge in [-0.05, 0) is 19.1 Å². The number of imide groups is 1. The van der Waals surface area contributed by atoms with Crippen LogP contribution in [0.2, 0.25) is 0 Å². The molecular formula is C13H15N3O3. The van der Waals surface area contributed by atoms with Gasteiger partial charge >= 0.3 is 6.03 Å². The van der Waals surface area contributed by atoms with Crippen molar-refractivity contribution >= 4 is 23.3 Å². The van der Waals surface area contributed by atoms with Crippen molar-refractivity contribution < 1.29 is 14.3 Å². The fraction of sp³-hybridized carbons (Fsp3) is 0.308. The van der Waals surface area contributed by atoms with Gasteiger partial charge < -0.3 is 4.74 Å². The maximum absolute atomic E-state index is 12.3. The number of hydrogen-bond acceptors (Lipinski definition) is 4. The second-order valence-electron chi connectivity index (χ2n) is 4.38. The number of nitrogens with zero attached hydrogens (tertiary/aromatic N) is 2. The zero-order valence-electron chi connectivity index (χ0n) is 11.0. The first kappa shape index (κ1) is 13.2. The molecule has 1 aliphatic rings. The number of ether oxygens (including phenoxy) is 1. The minimum absolute atomic E-state index is 0.277. The van der Waals surface area contributed by atoms with Crippen LogP contribution in [0.15, 0.2) is 30.3 Å². The molecule has 1 aromatic carbocycles. The molecule has 0 aliphatic carbocycles. The monoisotopic (exact) mass is 261 g/mol. The summed E-state index contributed by atoms with van der Waals surface area (Å²) in [6.07, 6.45) is 0. The third kappa shape index (κ3) is 1.80. The number of amides is 3. The highest BCUT2D eigenvalue weighted by Crippen LogP contribution is 2.30. The third-order valence-corrected chi connectivity index (χ3v) is 3.30. The Morgan fingerprint density at radius 2 is 1.79 bits per heavy atom. The summed E-state index contributed by atoms with van der Waals surface area (Å²) in [6.45, 7) is 1.53. The normalized spacial score (nSPS) is 24.1. The fourth-order valence-corrected chi connectivity index (χ4v) is 2.02. The van der Waals surface area contributed by atoms with Crippen molar-refractivity contribution in [2.24, 2.45) is 0 Å². The molecule has 6 nitrogen and oxygen atoms in total. The van der Waals surface area contributed by atoms with E-state index in [0.29, 0.717) is 5.69 Å². The molecule has 1 aromatic rings. The number of hydrogen-bond donors (Lipinski definition) is 1. The van der Waals surface area contributed by atoms with E-state index >= 15 is 0 Å². The molecule has 0 saturated carbocycles. The van der Waals surface area contributed by atoms with Gasteiger partial charge in [0.2, 0.25) is 0 Å². The largest absolute Gasteiger partial charge is 0.353 e. The quantitative estimate of drug-likeness (QED) is 0.876. The van der Waals surface area contributed by atoms with E-state index in [4.69, 9.17) is 10.1 Å².